The average Bonchev–Trinajstić information content (AvgIpc) is 3.53. The Morgan fingerprint density at radius 1 is 1.29 bits per heavy atom. The number of nitrogens with two attached hydrogens (primary N) is 2. The average molecular weight is 380 g/mol. The van der Waals surface area contributed by atoms with Crippen LogP contribution in [0.15, 0.2) is 59.0 Å². The first kappa shape index (κ1) is 19.5. The van der Waals surface area contributed by atoms with Crippen LogP contribution in [0.3, 0.4) is 0 Å². The number of carbonyl (C=O) groups is 1. The van der Waals surface area contributed by atoms with Crippen molar-refractivity contribution in [2.75, 3.05) is 17.6 Å². The number of nitrogen functional groups attached to an aromatic ring is 1. The molecule has 1 saturated carbocycles. The summed E-state index contributed by atoms with van der Waals surface area (Å²) >= 11 is 0. The molecule has 0 radical (unpaired) electrons. The summed E-state index contributed by atoms with van der Waals surface area (Å²) in [5, 5.41) is 11.1. The SMILES string of the molecule is C=C(Oc1ccccc1N=Nc1ccc(NC(=O)[C@H](C)CN)nc1N)C1CC1. The van der Waals surface area contributed by atoms with Gasteiger partial charge in [-0.05, 0) is 37.1 Å². The lowest BCUT2D eigenvalue weighted by Gasteiger charge is -2.10. The molecule has 8 heteroatoms. The summed E-state index contributed by atoms with van der Waals surface area (Å²) in [5.41, 5.74) is 12.4. The fraction of sp³-hybridized carbons (Fsp3) is 0.300. The Kier molecular flexibility index (Phi) is 6.00. The van der Waals surface area contributed by atoms with E-state index in [-0.39, 0.29) is 24.2 Å². The first-order chi connectivity index (χ1) is 13.5. The van der Waals surface area contributed by atoms with Crippen LogP contribution in [0, 0.1) is 11.8 Å². The monoisotopic (exact) mass is 380 g/mol. The lowest BCUT2D eigenvalue weighted by atomic mass is 10.2. The molecule has 1 fully saturated rings. The summed E-state index contributed by atoms with van der Waals surface area (Å²) in [4.78, 5) is 16.0. The van der Waals surface area contributed by atoms with Gasteiger partial charge in [0.15, 0.2) is 11.6 Å². The molecule has 1 aromatic carbocycles. The Balaban J connectivity index is 1.72. The molecule has 1 aromatic heterocycles. The number of nitrogens with one attached hydrogen (secondary N) is 1. The van der Waals surface area contributed by atoms with Gasteiger partial charge in [0, 0.05) is 18.4 Å². The van der Waals surface area contributed by atoms with Crippen molar-refractivity contribution in [2.45, 2.75) is 19.8 Å². The van der Waals surface area contributed by atoms with Gasteiger partial charge in [-0.2, -0.15) is 0 Å². The van der Waals surface area contributed by atoms with Crippen molar-refractivity contribution < 1.29 is 9.53 Å². The molecule has 1 aliphatic rings. The number of rotatable bonds is 8. The number of hydrogen-bond acceptors (Lipinski definition) is 7. The van der Waals surface area contributed by atoms with Gasteiger partial charge in [-0.15, -0.1) is 10.2 Å². The van der Waals surface area contributed by atoms with Crippen LogP contribution in [-0.2, 0) is 4.79 Å². The standard InChI is InChI=1S/C20H24N6O2/c1-12(11-21)20(27)24-18-10-9-16(19(22)23-18)26-25-15-5-3-4-6-17(15)28-13(2)14-7-8-14/h3-6,9-10,12,14H,2,7-8,11,21H2,1H3,(H3,22,23,24,27)/t12-/m1/s1. The van der Waals surface area contributed by atoms with Gasteiger partial charge in [0.05, 0.1) is 0 Å². The highest BCUT2D eigenvalue weighted by Crippen LogP contribution is 2.39. The Bertz CT molecular complexity index is 907. The number of nitrogens with zero attached hydrogens (tertiary/aromatic N) is 3. The number of carbonyl (C=O) groups excluding carboxylic acids is 1. The number of ether oxygens (including phenoxy) is 1. The third kappa shape index (κ3) is 4.92. The van der Waals surface area contributed by atoms with E-state index in [9.17, 15) is 4.79 Å². The van der Waals surface area contributed by atoms with Gasteiger partial charge in [-0.3, -0.25) is 4.79 Å². The highest BCUT2D eigenvalue weighted by molar-refractivity contribution is 5.92. The quantitative estimate of drug-likeness (QED) is 0.472. The van der Waals surface area contributed by atoms with Crippen LogP contribution in [0.5, 0.6) is 5.75 Å². The Hall–Kier alpha value is -3.26. The minimum absolute atomic E-state index is 0.155. The Morgan fingerprint density at radius 2 is 2.00 bits per heavy atom. The predicted molar refractivity (Wildman–Crippen MR) is 109 cm³/mol. The van der Waals surface area contributed by atoms with E-state index in [0.29, 0.717) is 28.9 Å². The summed E-state index contributed by atoms with van der Waals surface area (Å²) < 4.78 is 5.83. The van der Waals surface area contributed by atoms with Crippen molar-refractivity contribution in [3.63, 3.8) is 0 Å². The minimum Gasteiger partial charge on any atom is -0.460 e. The van der Waals surface area contributed by atoms with Gasteiger partial charge < -0.3 is 21.5 Å². The maximum atomic E-state index is 11.9. The molecule has 3 rings (SSSR count). The smallest absolute Gasteiger partial charge is 0.229 e. The van der Waals surface area contributed by atoms with E-state index in [1.165, 1.54) is 0 Å². The number of azo groups is 1. The first-order valence-corrected chi connectivity index (χ1v) is 9.12. The summed E-state index contributed by atoms with van der Waals surface area (Å²) in [5.74, 6) is 1.73. The minimum atomic E-state index is -0.315. The fourth-order valence-corrected chi connectivity index (χ4v) is 2.34. The molecule has 1 atom stereocenters. The molecule has 0 spiro atoms. The maximum Gasteiger partial charge on any atom is 0.229 e. The summed E-state index contributed by atoms with van der Waals surface area (Å²) in [6.45, 7) is 5.96. The van der Waals surface area contributed by atoms with Crippen molar-refractivity contribution in [3.05, 3.63) is 48.7 Å². The molecular weight excluding hydrogens is 356 g/mol. The molecule has 146 valence electrons. The van der Waals surface area contributed by atoms with Gasteiger partial charge in [0.1, 0.15) is 23.0 Å². The molecular formula is C20H24N6O2. The number of anilines is 2. The molecule has 0 unspecified atom stereocenters. The number of para-hydroxylation sites is 1. The lowest BCUT2D eigenvalue weighted by molar-refractivity contribution is -0.119. The van der Waals surface area contributed by atoms with Gasteiger partial charge in [0.2, 0.25) is 5.91 Å². The molecule has 0 aliphatic heterocycles. The molecule has 1 aliphatic carbocycles. The third-order valence-corrected chi connectivity index (χ3v) is 4.36. The molecule has 1 amide bonds. The van der Waals surface area contributed by atoms with E-state index >= 15 is 0 Å². The first-order valence-electron chi connectivity index (χ1n) is 9.12. The summed E-state index contributed by atoms with van der Waals surface area (Å²) in [7, 11) is 0. The largest absolute Gasteiger partial charge is 0.460 e. The van der Waals surface area contributed by atoms with Crippen LogP contribution >= 0.6 is 0 Å². The molecule has 28 heavy (non-hydrogen) atoms. The second-order valence-corrected chi connectivity index (χ2v) is 6.74. The predicted octanol–water partition coefficient (Wildman–Crippen LogP) is 3.92. The highest BCUT2D eigenvalue weighted by Gasteiger charge is 2.26. The number of benzene rings is 1. The van der Waals surface area contributed by atoms with Gasteiger partial charge in [-0.25, -0.2) is 4.98 Å². The number of pyridine rings is 1. The van der Waals surface area contributed by atoms with Gasteiger partial charge >= 0.3 is 0 Å². The van der Waals surface area contributed by atoms with E-state index in [4.69, 9.17) is 16.2 Å². The van der Waals surface area contributed by atoms with Crippen LogP contribution in [-0.4, -0.2) is 17.4 Å². The van der Waals surface area contributed by atoms with Gasteiger partial charge in [0.25, 0.3) is 0 Å². The zero-order valence-electron chi connectivity index (χ0n) is 15.8. The van der Waals surface area contributed by atoms with Crippen LogP contribution in [0.1, 0.15) is 19.8 Å². The number of amides is 1. The van der Waals surface area contributed by atoms with Gasteiger partial charge in [-0.1, -0.05) is 25.6 Å². The summed E-state index contributed by atoms with van der Waals surface area (Å²) in [6.07, 6.45) is 2.22. The second kappa shape index (κ2) is 8.62. The molecule has 8 nitrogen and oxygen atoms in total. The van der Waals surface area contributed by atoms with Crippen molar-refractivity contribution in [1.29, 1.82) is 0 Å². The van der Waals surface area contributed by atoms with Crippen molar-refractivity contribution >= 4 is 28.9 Å². The number of aromatic nitrogens is 1. The Morgan fingerprint density at radius 3 is 2.68 bits per heavy atom. The molecule has 0 bridgehead atoms. The molecule has 2 aromatic rings. The zero-order valence-corrected chi connectivity index (χ0v) is 15.8. The van der Waals surface area contributed by atoms with E-state index < -0.39 is 0 Å². The molecule has 0 saturated heterocycles. The Labute approximate surface area is 163 Å². The van der Waals surface area contributed by atoms with E-state index in [1.54, 1.807) is 25.1 Å². The number of allylic oxidation sites excluding steroid dienone is 1. The fourth-order valence-electron chi connectivity index (χ4n) is 2.34. The second-order valence-electron chi connectivity index (χ2n) is 6.74. The molecule has 1 heterocycles. The van der Waals surface area contributed by atoms with E-state index in [1.807, 2.05) is 18.2 Å². The van der Waals surface area contributed by atoms with Crippen LogP contribution < -0.4 is 21.5 Å². The van der Waals surface area contributed by atoms with Crippen LogP contribution in [0.2, 0.25) is 0 Å². The van der Waals surface area contributed by atoms with Crippen molar-refractivity contribution in [1.82, 2.24) is 4.98 Å². The van der Waals surface area contributed by atoms with Crippen LogP contribution in [0.25, 0.3) is 0 Å². The lowest BCUT2D eigenvalue weighted by Crippen LogP contribution is -2.27. The maximum absolute atomic E-state index is 11.9. The van der Waals surface area contributed by atoms with Crippen LogP contribution in [0.4, 0.5) is 23.0 Å². The normalized spacial score (nSPS) is 14.6. The summed E-state index contributed by atoms with van der Waals surface area (Å²) in [6, 6.07) is 10.6. The topological polar surface area (TPSA) is 128 Å². The zero-order chi connectivity index (χ0) is 20.1. The number of hydrogen-bond donors (Lipinski definition) is 3. The van der Waals surface area contributed by atoms with Crippen molar-refractivity contribution in [3.8, 4) is 5.75 Å². The molecule has 5 N–H and O–H groups in total. The van der Waals surface area contributed by atoms with E-state index in [2.05, 4.69) is 27.1 Å². The highest BCUT2D eigenvalue weighted by atomic mass is 16.5. The van der Waals surface area contributed by atoms with Crippen molar-refractivity contribution in [2.24, 2.45) is 27.8 Å². The van der Waals surface area contributed by atoms with E-state index in [0.717, 1.165) is 18.6 Å². The third-order valence-electron chi connectivity index (χ3n) is 4.36.